The van der Waals surface area contributed by atoms with Crippen LogP contribution in [-0.4, -0.2) is 14.5 Å². The maximum atomic E-state index is 12.3. The highest BCUT2D eigenvalue weighted by atomic mass is 32.2. The van der Waals surface area contributed by atoms with Crippen LogP contribution in [0.1, 0.15) is 45.6 Å². The summed E-state index contributed by atoms with van der Waals surface area (Å²) >= 11 is 0. The Balaban J connectivity index is 2.06. The van der Waals surface area contributed by atoms with E-state index in [2.05, 4.69) is 20.8 Å². The summed E-state index contributed by atoms with van der Waals surface area (Å²) in [7, 11) is -3.52. The Labute approximate surface area is 128 Å². The van der Waals surface area contributed by atoms with E-state index in [9.17, 15) is 8.42 Å². The van der Waals surface area contributed by atoms with Gasteiger partial charge in [0.15, 0.2) is 0 Å². The number of hydrogen-bond acceptors (Lipinski definition) is 3. The topological polar surface area (TPSA) is 43.4 Å². The summed E-state index contributed by atoms with van der Waals surface area (Å²) in [6.07, 6.45) is 2.91. The van der Waals surface area contributed by atoms with Gasteiger partial charge in [0, 0.05) is 0 Å². The molecule has 118 valence electrons. The van der Waals surface area contributed by atoms with Crippen molar-refractivity contribution in [2.24, 2.45) is 17.8 Å². The summed E-state index contributed by atoms with van der Waals surface area (Å²) in [5, 5.41) is 0. The quantitative estimate of drug-likeness (QED) is 0.772. The van der Waals surface area contributed by atoms with Crippen LogP contribution >= 0.6 is 0 Å². The molecule has 0 radical (unpaired) electrons. The number of hydrogen-bond donors (Lipinski definition) is 0. The standard InChI is InChI=1S/C17H26O3S/c1-13(2)16-10-9-14(3)11-17(16)20-21(18,19)12-15-7-5-4-6-8-15/h4-8,13-14,16-17H,9-12H2,1-3H3. The Hall–Kier alpha value is -0.870. The van der Waals surface area contributed by atoms with Gasteiger partial charge in [0.05, 0.1) is 6.10 Å². The average Bonchev–Trinajstić information content (AvgIpc) is 2.38. The van der Waals surface area contributed by atoms with Crippen molar-refractivity contribution < 1.29 is 12.6 Å². The largest absolute Gasteiger partial charge is 0.271 e. The fourth-order valence-electron chi connectivity index (χ4n) is 3.23. The Morgan fingerprint density at radius 1 is 1.19 bits per heavy atom. The molecule has 2 rings (SSSR count). The Kier molecular flexibility index (Phi) is 5.44. The molecule has 1 aliphatic rings. The summed E-state index contributed by atoms with van der Waals surface area (Å²) in [6.45, 7) is 6.48. The second-order valence-electron chi connectivity index (χ2n) is 6.65. The van der Waals surface area contributed by atoms with Gasteiger partial charge in [-0.1, -0.05) is 57.5 Å². The van der Waals surface area contributed by atoms with Crippen LogP contribution in [0.2, 0.25) is 0 Å². The van der Waals surface area contributed by atoms with Gasteiger partial charge in [0.2, 0.25) is 0 Å². The zero-order chi connectivity index (χ0) is 15.5. The number of rotatable bonds is 5. The van der Waals surface area contributed by atoms with Gasteiger partial charge in [-0.2, -0.15) is 8.42 Å². The molecule has 3 atom stereocenters. The molecule has 0 saturated heterocycles. The fraction of sp³-hybridized carbons (Fsp3) is 0.647. The van der Waals surface area contributed by atoms with Crippen molar-refractivity contribution in [3.05, 3.63) is 35.9 Å². The van der Waals surface area contributed by atoms with Gasteiger partial charge in [0.1, 0.15) is 5.75 Å². The summed E-state index contributed by atoms with van der Waals surface area (Å²) in [5.74, 6) is 1.29. The molecule has 3 nitrogen and oxygen atoms in total. The van der Waals surface area contributed by atoms with E-state index in [4.69, 9.17) is 4.18 Å². The van der Waals surface area contributed by atoms with E-state index in [1.165, 1.54) is 6.42 Å². The van der Waals surface area contributed by atoms with Crippen molar-refractivity contribution in [2.75, 3.05) is 0 Å². The predicted octanol–water partition coefficient (Wildman–Crippen LogP) is 3.99. The van der Waals surface area contributed by atoms with Gasteiger partial charge in [-0.3, -0.25) is 4.18 Å². The Morgan fingerprint density at radius 2 is 1.86 bits per heavy atom. The molecule has 1 saturated carbocycles. The minimum atomic E-state index is -3.52. The van der Waals surface area contributed by atoms with Crippen LogP contribution in [0.3, 0.4) is 0 Å². The molecule has 3 unspecified atom stereocenters. The Bertz CT molecular complexity index is 536. The van der Waals surface area contributed by atoms with Crippen molar-refractivity contribution in [3.63, 3.8) is 0 Å². The Morgan fingerprint density at radius 3 is 2.48 bits per heavy atom. The first-order valence-electron chi connectivity index (χ1n) is 7.82. The highest BCUT2D eigenvalue weighted by Crippen LogP contribution is 2.36. The van der Waals surface area contributed by atoms with Gasteiger partial charge in [0.25, 0.3) is 10.1 Å². The third kappa shape index (κ3) is 4.82. The van der Waals surface area contributed by atoms with E-state index in [1.807, 2.05) is 30.3 Å². The van der Waals surface area contributed by atoms with Crippen LogP contribution in [0, 0.1) is 17.8 Å². The van der Waals surface area contributed by atoms with Crippen LogP contribution < -0.4 is 0 Å². The lowest BCUT2D eigenvalue weighted by Crippen LogP contribution is -2.36. The van der Waals surface area contributed by atoms with Crippen LogP contribution in [-0.2, 0) is 20.1 Å². The molecule has 0 amide bonds. The predicted molar refractivity (Wildman–Crippen MR) is 85.3 cm³/mol. The van der Waals surface area contributed by atoms with E-state index in [-0.39, 0.29) is 11.9 Å². The molecule has 0 aromatic heterocycles. The zero-order valence-electron chi connectivity index (χ0n) is 13.2. The summed E-state index contributed by atoms with van der Waals surface area (Å²) in [6, 6.07) is 9.23. The molecule has 4 heteroatoms. The first-order valence-corrected chi connectivity index (χ1v) is 9.40. The molecule has 21 heavy (non-hydrogen) atoms. The lowest BCUT2D eigenvalue weighted by atomic mass is 9.75. The molecule has 0 N–H and O–H groups in total. The summed E-state index contributed by atoms with van der Waals surface area (Å²) in [5.41, 5.74) is 0.780. The van der Waals surface area contributed by atoms with Crippen molar-refractivity contribution in [1.82, 2.24) is 0 Å². The molecule has 1 aliphatic carbocycles. The van der Waals surface area contributed by atoms with Gasteiger partial charge in [-0.15, -0.1) is 0 Å². The molecule has 0 aliphatic heterocycles. The van der Waals surface area contributed by atoms with E-state index in [0.717, 1.165) is 18.4 Å². The smallest absolute Gasteiger partial charge is 0.266 e. The average molecular weight is 310 g/mol. The minimum Gasteiger partial charge on any atom is -0.266 e. The van der Waals surface area contributed by atoms with E-state index < -0.39 is 10.1 Å². The SMILES string of the molecule is CC1CCC(C(C)C)C(OS(=O)(=O)Cc2ccccc2)C1. The molecule has 0 bridgehead atoms. The molecule has 1 aromatic carbocycles. The second-order valence-corrected chi connectivity index (χ2v) is 8.24. The molecule has 0 heterocycles. The highest BCUT2D eigenvalue weighted by Gasteiger charge is 2.34. The van der Waals surface area contributed by atoms with Crippen LogP contribution in [0.5, 0.6) is 0 Å². The molecular formula is C17H26O3S. The summed E-state index contributed by atoms with van der Waals surface area (Å²) < 4.78 is 30.2. The zero-order valence-corrected chi connectivity index (χ0v) is 14.0. The fourth-order valence-corrected chi connectivity index (χ4v) is 4.49. The first kappa shape index (κ1) is 16.5. The maximum Gasteiger partial charge on any atom is 0.271 e. The van der Waals surface area contributed by atoms with Crippen molar-refractivity contribution >= 4 is 10.1 Å². The van der Waals surface area contributed by atoms with Crippen molar-refractivity contribution in [1.29, 1.82) is 0 Å². The lowest BCUT2D eigenvalue weighted by Gasteiger charge is -2.36. The van der Waals surface area contributed by atoms with Crippen LogP contribution in [0.15, 0.2) is 30.3 Å². The number of benzene rings is 1. The van der Waals surface area contributed by atoms with E-state index in [0.29, 0.717) is 17.8 Å². The molecule has 1 fully saturated rings. The van der Waals surface area contributed by atoms with E-state index in [1.54, 1.807) is 0 Å². The normalized spacial score (nSPS) is 27.0. The molecule has 0 spiro atoms. The lowest BCUT2D eigenvalue weighted by molar-refractivity contribution is 0.0510. The van der Waals surface area contributed by atoms with Gasteiger partial charge >= 0.3 is 0 Å². The second kappa shape index (κ2) is 6.93. The monoisotopic (exact) mass is 310 g/mol. The summed E-state index contributed by atoms with van der Waals surface area (Å²) in [4.78, 5) is 0. The maximum absolute atomic E-state index is 12.3. The van der Waals surface area contributed by atoms with Crippen molar-refractivity contribution in [3.8, 4) is 0 Å². The van der Waals surface area contributed by atoms with Gasteiger partial charge < -0.3 is 0 Å². The van der Waals surface area contributed by atoms with Gasteiger partial charge in [-0.25, -0.2) is 0 Å². The minimum absolute atomic E-state index is 0.0382. The van der Waals surface area contributed by atoms with E-state index >= 15 is 0 Å². The first-order chi connectivity index (χ1) is 9.87. The molecule has 1 aromatic rings. The van der Waals surface area contributed by atoms with Crippen LogP contribution in [0.25, 0.3) is 0 Å². The van der Waals surface area contributed by atoms with Crippen molar-refractivity contribution in [2.45, 2.75) is 51.9 Å². The highest BCUT2D eigenvalue weighted by molar-refractivity contribution is 7.85. The third-order valence-corrected chi connectivity index (χ3v) is 5.65. The van der Waals surface area contributed by atoms with Crippen LogP contribution in [0.4, 0.5) is 0 Å². The van der Waals surface area contributed by atoms with Gasteiger partial charge in [-0.05, 0) is 36.2 Å². The molecular weight excluding hydrogens is 284 g/mol. The third-order valence-electron chi connectivity index (χ3n) is 4.42.